The van der Waals surface area contributed by atoms with Gasteiger partial charge in [0, 0.05) is 76.0 Å². The van der Waals surface area contributed by atoms with Crippen LogP contribution < -0.4 is 26.6 Å². The lowest BCUT2D eigenvalue weighted by Crippen LogP contribution is -2.64. The molecule has 0 aliphatic carbocycles. The molecule has 0 unspecified atom stereocenters. The molecule has 98 heavy (non-hydrogen) atoms. The van der Waals surface area contributed by atoms with E-state index in [-0.39, 0.29) is 74.9 Å². The van der Waals surface area contributed by atoms with E-state index in [2.05, 4.69) is 26.6 Å². The third-order valence-electron chi connectivity index (χ3n) is 18.6. The Balaban J connectivity index is 4.53. The van der Waals surface area contributed by atoms with Crippen LogP contribution in [-0.2, 0) is 62.3 Å². The Morgan fingerprint density at radius 2 is 0.888 bits per heavy atom. The first-order valence-electron chi connectivity index (χ1n) is 35.7. The van der Waals surface area contributed by atoms with E-state index >= 15 is 28.8 Å². The van der Waals surface area contributed by atoms with Gasteiger partial charge in [0.2, 0.25) is 70.9 Å². The van der Waals surface area contributed by atoms with Gasteiger partial charge < -0.3 is 75.8 Å². The lowest BCUT2D eigenvalue weighted by molar-refractivity contribution is -0.157. The molecule has 1 heterocycles. The van der Waals surface area contributed by atoms with Gasteiger partial charge in [0.15, 0.2) is 0 Å². The summed E-state index contributed by atoms with van der Waals surface area (Å²) >= 11 is 0. The Labute approximate surface area is 586 Å². The minimum Gasteiger partial charge on any atom is -0.396 e. The average molecular weight is 1390 g/mol. The monoisotopic (exact) mass is 1390 g/mol. The van der Waals surface area contributed by atoms with Crippen molar-refractivity contribution in [3.8, 4) is 0 Å². The summed E-state index contributed by atoms with van der Waals surface area (Å²) in [7, 11) is 9.85. The van der Waals surface area contributed by atoms with Crippen LogP contribution in [0.5, 0.6) is 0 Å². The quantitative estimate of drug-likeness (QED) is 0.0609. The molecule has 0 aromatic rings. The highest BCUT2D eigenvalue weighted by Crippen LogP contribution is 2.27. The standard InChI is InChI=1S/C71H130N12O15/c1-25-51-66(92)81(22)56(40-98-35-31-30-34-84)69(95)77(18)53(37-42(4)5)63(89)76-57(45(10)11)70(96)78(19)52(36-41(2)3)62(88)73-48(15)61(87)74-49(16)65(91)79(20)54(38-43(6)7)67(93)80(21)55(39-44(8)9)68(94)82(23)58(46(12)13)71(97)83(24)59(64(90)75-51)60(86)47(14)32-28-26-27-29-33-72-50(17)85/h41-49,51-60,84,86H,25-40H2,1-24H3,(H,72,85)(H,73,88)(H,74,87)(H,75,90)(H,76,89)/t47-,48+,49-,51+,52+,53+,54+,55+,56-,57+,58+,59+,60-/m1/s1. The SMILES string of the molecule is CC[C@@H]1NC(=O)[C@H]([C@H](O)[C@H](C)CCCCCCNC(C)=O)N(C)C(=O)[C@H](C(C)C)N(C)C(=O)[C@H](CC(C)C)N(C)C(=O)[C@H](CC(C)C)N(C)C(=O)[C@@H](C)NC(=O)[C@H](C)NC(=O)[C@H](CC(C)C)N(C)C(=O)[C@H](C(C)C)NC(=O)[C@H](CC(C)C)N(C)C(=O)[C@@H](COCCCCO)N(C)C1=O. The van der Waals surface area contributed by atoms with E-state index in [1.807, 2.05) is 55.4 Å². The average Bonchev–Trinajstić information content (AvgIpc) is 0.807. The predicted octanol–water partition coefficient (Wildman–Crippen LogP) is 3.55. The van der Waals surface area contributed by atoms with E-state index in [1.54, 1.807) is 41.5 Å². The number of unbranched alkanes of at least 4 members (excludes halogenated alkanes) is 4. The number of carbonyl (C=O) groups is 12. The molecule has 12 amide bonds. The number of rotatable bonds is 26. The van der Waals surface area contributed by atoms with E-state index in [0.29, 0.717) is 38.6 Å². The Morgan fingerprint density at radius 1 is 0.459 bits per heavy atom. The molecule has 7 N–H and O–H groups in total. The van der Waals surface area contributed by atoms with Gasteiger partial charge in [-0.3, -0.25) is 57.5 Å². The second kappa shape index (κ2) is 43.2. The molecular weight excluding hydrogens is 1260 g/mol. The van der Waals surface area contributed by atoms with Crippen molar-refractivity contribution in [2.45, 2.75) is 267 Å². The van der Waals surface area contributed by atoms with Crippen molar-refractivity contribution in [3.63, 3.8) is 0 Å². The number of amides is 12. The summed E-state index contributed by atoms with van der Waals surface area (Å²) in [6, 6.07) is -14.4. The van der Waals surface area contributed by atoms with Crippen LogP contribution in [0.4, 0.5) is 0 Å². The summed E-state index contributed by atoms with van der Waals surface area (Å²) in [5.41, 5.74) is 0. The fraction of sp³-hybridized carbons (Fsp3) is 0.831. The number of carbonyl (C=O) groups excluding carboxylic acids is 12. The molecule has 0 spiro atoms. The summed E-state index contributed by atoms with van der Waals surface area (Å²) in [4.78, 5) is 184. The molecule has 1 rings (SSSR count). The van der Waals surface area contributed by atoms with Crippen molar-refractivity contribution in [2.75, 3.05) is 75.7 Å². The molecule has 1 fully saturated rings. The van der Waals surface area contributed by atoms with Crippen molar-refractivity contribution >= 4 is 70.9 Å². The van der Waals surface area contributed by atoms with Gasteiger partial charge in [-0.2, -0.15) is 0 Å². The van der Waals surface area contributed by atoms with Crippen molar-refractivity contribution in [1.29, 1.82) is 0 Å². The number of likely N-dealkylation sites (N-methyl/N-ethyl adjacent to an activating group) is 7. The molecule has 0 radical (unpaired) electrons. The molecule has 13 atom stereocenters. The van der Waals surface area contributed by atoms with Gasteiger partial charge in [0.05, 0.1) is 12.7 Å². The highest BCUT2D eigenvalue weighted by molar-refractivity contribution is 6.00. The zero-order valence-electron chi connectivity index (χ0n) is 64.1. The number of aliphatic hydroxyl groups excluding tert-OH is 2. The molecule has 0 aromatic heterocycles. The summed E-state index contributed by atoms with van der Waals surface area (Å²) in [5, 5.41) is 36.0. The Bertz CT molecular complexity index is 2600. The van der Waals surface area contributed by atoms with E-state index < -0.39 is 162 Å². The highest BCUT2D eigenvalue weighted by atomic mass is 16.5. The first kappa shape index (κ1) is 89.5. The topological polar surface area (TPSA) is 337 Å². The third kappa shape index (κ3) is 27.2. The lowest BCUT2D eigenvalue weighted by Gasteiger charge is -2.41. The summed E-state index contributed by atoms with van der Waals surface area (Å²) < 4.78 is 6.02. The van der Waals surface area contributed by atoms with Gasteiger partial charge in [0.25, 0.3) is 0 Å². The van der Waals surface area contributed by atoms with Crippen LogP contribution in [0.15, 0.2) is 0 Å². The smallest absolute Gasteiger partial charge is 0.248 e. The maximum Gasteiger partial charge on any atom is 0.248 e. The van der Waals surface area contributed by atoms with Crippen LogP contribution in [-0.4, -0.2) is 264 Å². The second-order valence-electron chi connectivity index (χ2n) is 29.7. The second-order valence-corrected chi connectivity index (χ2v) is 29.7. The molecule has 0 bridgehead atoms. The summed E-state index contributed by atoms with van der Waals surface area (Å²) in [6.07, 6.45) is 2.82. The predicted molar refractivity (Wildman–Crippen MR) is 377 cm³/mol. The Morgan fingerprint density at radius 3 is 1.37 bits per heavy atom. The van der Waals surface area contributed by atoms with Gasteiger partial charge >= 0.3 is 0 Å². The molecule has 27 heteroatoms. The van der Waals surface area contributed by atoms with Crippen LogP contribution in [0.2, 0.25) is 0 Å². The van der Waals surface area contributed by atoms with Gasteiger partial charge in [-0.25, -0.2) is 0 Å². The maximum absolute atomic E-state index is 15.5. The number of nitrogens with zero attached hydrogens (tertiary/aromatic N) is 7. The van der Waals surface area contributed by atoms with E-state index in [0.717, 1.165) is 22.6 Å². The van der Waals surface area contributed by atoms with E-state index in [9.17, 15) is 39.0 Å². The maximum atomic E-state index is 15.5. The van der Waals surface area contributed by atoms with Gasteiger partial charge in [-0.15, -0.1) is 0 Å². The number of hydrogen-bond donors (Lipinski definition) is 7. The van der Waals surface area contributed by atoms with Gasteiger partial charge in [-0.1, -0.05) is 116 Å². The fourth-order valence-corrected chi connectivity index (χ4v) is 12.4. The van der Waals surface area contributed by atoms with Crippen molar-refractivity contribution in [3.05, 3.63) is 0 Å². The van der Waals surface area contributed by atoms with Crippen LogP contribution in [0.25, 0.3) is 0 Å². The fourth-order valence-electron chi connectivity index (χ4n) is 12.4. The van der Waals surface area contributed by atoms with Crippen molar-refractivity contribution in [2.24, 2.45) is 41.4 Å². The van der Waals surface area contributed by atoms with Gasteiger partial charge in [0.1, 0.15) is 66.5 Å². The lowest BCUT2D eigenvalue weighted by atomic mass is 9.90. The molecule has 1 saturated heterocycles. The molecule has 0 saturated carbocycles. The van der Waals surface area contributed by atoms with Crippen LogP contribution in [0.3, 0.4) is 0 Å². The Kier molecular flexibility index (Phi) is 39.5. The molecule has 1 aliphatic heterocycles. The molecule has 1 aliphatic rings. The number of nitrogens with one attached hydrogen (secondary N) is 5. The largest absolute Gasteiger partial charge is 0.396 e. The van der Waals surface area contributed by atoms with Crippen LogP contribution >= 0.6 is 0 Å². The molecular formula is C71H130N12O15. The van der Waals surface area contributed by atoms with Gasteiger partial charge in [-0.05, 0) is 113 Å². The summed E-state index contributed by atoms with van der Waals surface area (Å²) in [5.74, 6) is -10.6. The first-order valence-corrected chi connectivity index (χ1v) is 35.7. The van der Waals surface area contributed by atoms with Crippen LogP contribution in [0, 0.1) is 41.4 Å². The number of hydrogen-bond acceptors (Lipinski definition) is 15. The zero-order valence-corrected chi connectivity index (χ0v) is 64.1. The molecule has 0 aromatic carbocycles. The third-order valence-corrected chi connectivity index (χ3v) is 18.6. The first-order chi connectivity index (χ1) is 45.5. The number of aliphatic hydroxyl groups is 2. The van der Waals surface area contributed by atoms with Crippen molar-refractivity contribution < 1.29 is 72.5 Å². The summed E-state index contributed by atoms with van der Waals surface area (Å²) in [6.45, 7) is 29.4. The Hall–Kier alpha value is -6.48. The minimum atomic E-state index is -1.68. The van der Waals surface area contributed by atoms with Crippen LogP contribution in [0.1, 0.15) is 195 Å². The number of ether oxygens (including phenoxy) is 1. The zero-order chi connectivity index (χ0) is 75.5. The normalized spacial score (nSPS) is 25.5. The van der Waals surface area contributed by atoms with E-state index in [4.69, 9.17) is 4.74 Å². The minimum absolute atomic E-state index is 0.0565. The molecule has 564 valence electrons. The van der Waals surface area contributed by atoms with Crippen molar-refractivity contribution in [1.82, 2.24) is 60.9 Å². The van der Waals surface area contributed by atoms with E-state index in [1.165, 1.54) is 94.6 Å². The highest BCUT2D eigenvalue weighted by Gasteiger charge is 2.46. The molecule has 27 nitrogen and oxygen atoms in total.